The van der Waals surface area contributed by atoms with Crippen molar-refractivity contribution in [2.24, 2.45) is 5.92 Å². The van der Waals surface area contributed by atoms with Gasteiger partial charge < -0.3 is 9.64 Å². The molecule has 1 aliphatic carbocycles. The highest BCUT2D eigenvalue weighted by Crippen LogP contribution is 2.35. The van der Waals surface area contributed by atoms with E-state index in [1.54, 1.807) is 23.0 Å². The number of fused-ring (bicyclic) bond motifs is 1. The summed E-state index contributed by atoms with van der Waals surface area (Å²) in [5.41, 5.74) is 2.34. The minimum atomic E-state index is -0.464. The molecule has 148 valence electrons. The van der Waals surface area contributed by atoms with Crippen molar-refractivity contribution in [3.8, 4) is 5.69 Å². The van der Waals surface area contributed by atoms with E-state index >= 15 is 0 Å². The van der Waals surface area contributed by atoms with E-state index in [2.05, 4.69) is 5.10 Å². The summed E-state index contributed by atoms with van der Waals surface area (Å²) < 4.78 is 7.13. The van der Waals surface area contributed by atoms with Crippen LogP contribution in [0.2, 0.25) is 0 Å². The van der Waals surface area contributed by atoms with E-state index in [1.165, 1.54) is 25.7 Å². The minimum absolute atomic E-state index is 0.0614. The van der Waals surface area contributed by atoms with Gasteiger partial charge in [-0.05, 0) is 68.9 Å². The van der Waals surface area contributed by atoms with E-state index in [1.807, 2.05) is 30.0 Å². The molecule has 2 aliphatic rings. The Balaban J connectivity index is 1.35. The number of carbonyl (C=O) groups is 2. The number of hydrogen-bond donors (Lipinski definition) is 0. The number of ether oxygens (including phenoxy) is 1. The van der Waals surface area contributed by atoms with Gasteiger partial charge in [0.25, 0.3) is 5.91 Å². The molecule has 0 bridgehead atoms. The summed E-state index contributed by atoms with van der Waals surface area (Å²) in [6.07, 6.45) is 8.76. The molecular weight excluding hydrogens is 354 g/mol. The first-order chi connectivity index (χ1) is 13.6. The van der Waals surface area contributed by atoms with Crippen molar-refractivity contribution in [1.29, 1.82) is 0 Å². The van der Waals surface area contributed by atoms with Crippen molar-refractivity contribution in [3.63, 3.8) is 0 Å². The molecule has 1 saturated carbocycles. The summed E-state index contributed by atoms with van der Waals surface area (Å²) in [4.78, 5) is 27.0. The van der Waals surface area contributed by atoms with Crippen molar-refractivity contribution in [1.82, 2.24) is 14.7 Å². The largest absolute Gasteiger partial charge is 0.452 e. The lowest BCUT2D eigenvalue weighted by Gasteiger charge is -2.44. The molecule has 1 amide bonds. The second-order valence-corrected chi connectivity index (χ2v) is 7.85. The Hall–Kier alpha value is -2.63. The molecular formula is C22H27N3O3. The summed E-state index contributed by atoms with van der Waals surface area (Å²) in [6, 6.07) is 9.34. The first-order valence-electron chi connectivity index (χ1n) is 10.2. The van der Waals surface area contributed by atoms with Crippen molar-refractivity contribution in [2.75, 3.05) is 13.2 Å². The first-order valence-corrected chi connectivity index (χ1v) is 10.2. The predicted octanol–water partition coefficient (Wildman–Crippen LogP) is 3.52. The van der Waals surface area contributed by atoms with Crippen molar-refractivity contribution in [3.05, 3.63) is 47.8 Å². The van der Waals surface area contributed by atoms with Crippen LogP contribution in [-0.2, 0) is 9.53 Å². The van der Waals surface area contributed by atoms with Gasteiger partial charge in [-0.1, -0.05) is 12.8 Å². The van der Waals surface area contributed by atoms with Crippen LogP contribution in [-0.4, -0.2) is 45.8 Å². The lowest BCUT2D eigenvalue weighted by Crippen LogP contribution is -2.50. The monoisotopic (exact) mass is 381 g/mol. The Morgan fingerprint density at radius 1 is 1.07 bits per heavy atom. The van der Waals surface area contributed by atoms with Crippen molar-refractivity contribution >= 4 is 11.9 Å². The van der Waals surface area contributed by atoms with Crippen LogP contribution in [0.5, 0.6) is 0 Å². The molecule has 1 saturated heterocycles. The number of amides is 1. The van der Waals surface area contributed by atoms with Gasteiger partial charge in [0.2, 0.25) is 0 Å². The van der Waals surface area contributed by atoms with Crippen molar-refractivity contribution in [2.45, 2.75) is 51.5 Å². The van der Waals surface area contributed by atoms with Crippen LogP contribution in [0.25, 0.3) is 5.69 Å². The van der Waals surface area contributed by atoms with Crippen LogP contribution >= 0.6 is 0 Å². The van der Waals surface area contributed by atoms with Gasteiger partial charge in [0.15, 0.2) is 6.61 Å². The highest BCUT2D eigenvalue weighted by atomic mass is 16.5. The maximum absolute atomic E-state index is 12.7. The summed E-state index contributed by atoms with van der Waals surface area (Å²) >= 11 is 0. The molecule has 0 N–H and O–H groups in total. The summed E-state index contributed by atoms with van der Waals surface area (Å²) in [7, 11) is 0. The van der Waals surface area contributed by atoms with E-state index in [-0.39, 0.29) is 12.5 Å². The molecule has 2 fully saturated rings. The van der Waals surface area contributed by atoms with Gasteiger partial charge in [-0.2, -0.15) is 5.10 Å². The first kappa shape index (κ1) is 18.7. The standard InChI is InChI=1S/C22H27N3O3/c1-16-12-13-23-25(16)19-10-8-18(9-11-19)22(27)28-15-21(26)24-14-4-6-17-5-2-3-7-20(17)24/h8-13,17,20H,2-7,14-15H2,1H3/t17-,20+/m0/s1. The zero-order valence-electron chi connectivity index (χ0n) is 16.3. The third-order valence-electron chi connectivity index (χ3n) is 6.07. The molecule has 28 heavy (non-hydrogen) atoms. The maximum Gasteiger partial charge on any atom is 0.338 e. The third kappa shape index (κ3) is 3.81. The Morgan fingerprint density at radius 3 is 2.57 bits per heavy atom. The molecule has 6 nitrogen and oxygen atoms in total. The maximum atomic E-state index is 12.7. The zero-order valence-corrected chi connectivity index (χ0v) is 16.3. The predicted molar refractivity (Wildman–Crippen MR) is 105 cm³/mol. The smallest absolute Gasteiger partial charge is 0.338 e. The highest BCUT2D eigenvalue weighted by molar-refractivity contribution is 5.91. The normalized spacial score (nSPS) is 21.8. The number of carbonyl (C=O) groups excluding carboxylic acids is 2. The van der Waals surface area contributed by atoms with Gasteiger partial charge >= 0.3 is 5.97 Å². The van der Waals surface area contributed by atoms with Crippen LogP contribution in [0, 0.1) is 12.8 Å². The van der Waals surface area contributed by atoms with Crippen LogP contribution in [0.1, 0.15) is 54.6 Å². The topological polar surface area (TPSA) is 64.4 Å². The number of nitrogens with zero attached hydrogens (tertiary/aromatic N) is 3. The van der Waals surface area contributed by atoms with Gasteiger partial charge in [0.05, 0.1) is 11.3 Å². The number of rotatable bonds is 4. The Labute approximate surface area is 165 Å². The minimum Gasteiger partial charge on any atom is -0.452 e. The molecule has 1 aliphatic heterocycles. The van der Waals surface area contributed by atoms with Crippen LogP contribution in [0.3, 0.4) is 0 Å². The van der Waals surface area contributed by atoms with Gasteiger partial charge in [0.1, 0.15) is 0 Å². The second-order valence-electron chi connectivity index (χ2n) is 7.85. The number of hydrogen-bond acceptors (Lipinski definition) is 4. The molecule has 2 aromatic rings. The molecule has 2 heterocycles. The number of piperidine rings is 1. The summed E-state index contributed by atoms with van der Waals surface area (Å²) in [6.45, 7) is 2.58. The van der Waals surface area contributed by atoms with E-state index in [9.17, 15) is 9.59 Å². The fourth-order valence-corrected chi connectivity index (χ4v) is 4.61. The number of likely N-dealkylation sites (tertiary alicyclic amines) is 1. The molecule has 1 aromatic carbocycles. The van der Waals surface area contributed by atoms with Gasteiger partial charge in [-0.25, -0.2) is 9.48 Å². The van der Waals surface area contributed by atoms with E-state index in [0.29, 0.717) is 17.5 Å². The summed E-state index contributed by atoms with van der Waals surface area (Å²) in [5, 5.41) is 4.26. The lowest BCUT2D eigenvalue weighted by molar-refractivity contribution is -0.140. The van der Waals surface area contributed by atoms with Gasteiger partial charge in [-0.15, -0.1) is 0 Å². The Kier molecular flexibility index (Phi) is 5.46. The average Bonchev–Trinajstić information content (AvgIpc) is 3.17. The average molecular weight is 381 g/mol. The van der Waals surface area contributed by atoms with E-state index in [4.69, 9.17) is 4.74 Å². The second kappa shape index (κ2) is 8.17. The molecule has 0 radical (unpaired) electrons. The third-order valence-corrected chi connectivity index (χ3v) is 6.07. The molecule has 0 unspecified atom stereocenters. The van der Waals surface area contributed by atoms with Gasteiger partial charge in [-0.3, -0.25) is 4.79 Å². The molecule has 4 rings (SSSR count). The van der Waals surface area contributed by atoms with E-state index in [0.717, 1.165) is 30.8 Å². The number of aromatic nitrogens is 2. The van der Waals surface area contributed by atoms with Crippen LogP contribution < -0.4 is 0 Å². The SMILES string of the molecule is Cc1ccnn1-c1ccc(C(=O)OCC(=O)N2CCC[C@@H]3CCCC[C@H]32)cc1. The lowest BCUT2D eigenvalue weighted by atomic mass is 9.78. The molecule has 0 spiro atoms. The zero-order chi connectivity index (χ0) is 19.5. The fraction of sp³-hybridized carbons (Fsp3) is 0.500. The highest BCUT2D eigenvalue weighted by Gasteiger charge is 2.35. The molecule has 1 aromatic heterocycles. The fourth-order valence-electron chi connectivity index (χ4n) is 4.61. The molecule has 6 heteroatoms. The Morgan fingerprint density at radius 2 is 1.82 bits per heavy atom. The van der Waals surface area contributed by atoms with Crippen LogP contribution in [0.15, 0.2) is 36.5 Å². The number of esters is 1. The van der Waals surface area contributed by atoms with E-state index < -0.39 is 5.97 Å². The van der Waals surface area contributed by atoms with Gasteiger partial charge in [0, 0.05) is 24.5 Å². The summed E-state index contributed by atoms with van der Waals surface area (Å²) in [5.74, 6) is 0.100. The van der Waals surface area contributed by atoms with Crippen LogP contribution in [0.4, 0.5) is 0 Å². The quantitative estimate of drug-likeness (QED) is 0.760. The number of benzene rings is 1. The molecule has 2 atom stereocenters. The Bertz CT molecular complexity index is 841. The van der Waals surface area contributed by atoms with Crippen molar-refractivity contribution < 1.29 is 14.3 Å². The number of aryl methyl sites for hydroxylation is 1.